The van der Waals surface area contributed by atoms with E-state index in [0.717, 1.165) is 54.4 Å². The number of amides is 1. The molecular weight excluding hydrogens is 262 g/mol. The second kappa shape index (κ2) is 5.51. The smallest absolute Gasteiger partial charge is 0.228 e. The van der Waals surface area contributed by atoms with Crippen LogP contribution in [0.3, 0.4) is 0 Å². The standard InChI is InChI=1S/C17H23N3O/c1-12-6-9-19(10-7-12)16(21)11-15-14(3)18-17-13(2)5-4-8-20(15)17/h4-5,8,12H,6-7,9-11H2,1-3H3. The molecule has 0 aliphatic carbocycles. The average molecular weight is 285 g/mol. The molecule has 1 saturated heterocycles. The molecule has 2 aromatic rings. The number of aromatic nitrogens is 2. The van der Waals surface area contributed by atoms with Gasteiger partial charge in [0.05, 0.1) is 17.8 Å². The average Bonchev–Trinajstić information content (AvgIpc) is 2.78. The van der Waals surface area contributed by atoms with Crippen LogP contribution in [-0.4, -0.2) is 33.3 Å². The Morgan fingerprint density at radius 3 is 2.76 bits per heavy atom. The molecule has 1 fully saturated rings. The second-order valence-corrected chi connectivity index (χ2v) is 6.27. The molecule has 0 spiro atoms. The van der Waals surface area contributed by atoms with Crippen molar-refractivity contribution in [1.29, 1.82) is 0 Å². The third kappa shape index (κ3) is 2.67. The van der Waals surface area contributed by atoms with Crippen molar-refractivity contribution >= 4 is 11.6 Å². The molecule has 2 aromatic heterocycles. The summed E-state index contributed by atoms with van der Waals surface area (Å²) in [6.45, 7) is 8.11. The van der Waals surface area contributed by atoms with Gasteiger partial charge in [-0.15, -0.1) is 0 Å². The highest BCUT2D eigenvalue weighted by molar-refractivity contribution is 5.79. The summed E-state index contributed by atoms with van der Waals surface area (Å²) in [7, 11) is 0. The highest BCUT2D eigenvalue weighted by Gasteiger charge is 2.22. The van der Waals surface area contributed by atoms with E-state index in [2.05, 4.69) is 29.3 Å². The first-order chi connectivity index (χ1) is 10.1. The fraction of sp³-hybridized carbons (Fsp3) is 0.529. The number of aryl methyl sites for hydroxylation is 2. The van der Waals surface area contributed by atoms with E-state index in [-0.39, 0.29) is 5.91 Å². The highest BCUT2D eigenvalue weighted by Crippen LogP contribution is 2.19. The lowest BCUT2D eigenvalue weighted by atomic mass is 9.99. The van der Waals surface area contributed by atoms with Crippen LogP contribution in [0.2, 0.25) is 0 Å². The Morgan fingerprint density at radius 2 is 2.05 bits per heavy atom. The SMILES string of the molecule is Cc1nc2c(C)cccn2c1CC(=O)N1CCC(C)CC1. The minimum atomic E-state index is 0.230. The zero-order valence-electron chi connectivity index (χ0n) is 13.1. The summed E-state index contributed by atoms with van der Waals surface area (Å²) in [4.78, 5) is 19.2. The fourth-order valence-corrected chi connectivity index (χ4v) is 3.09. The molecule has 3 rings (SSSR count). The molecule has 1 amide bonds. The third-order valence-corrected chi connectivity index (χ3v) is 4.60. The summed E-state index contributed by atoms with van der Waals surface area (Å²) < 4.78 is 2.06. The Labute approximate surface area is 125 Å². The number of nitrogens with zero attached hydrogens (tertiary/aromatic N) is 3. The van der Waals surface area contributed by atoms with Crippen molar-refractivity contribution in [2.75, 3.05) is 13.1 Å². The summed E-state index contributed by atoms with van der Waals surface area (Å²) in [5.74, 6) is 0.975. The van der Waals surface area contributed by atoms with E-state index in [9.17, 15) is 4.79 Å². The number of rotatable bonds is 2. The first kappa shape index (κ1) is 14.1. The summed E-state index contributed by atoms with van der Waals surface area (Å²) in [5, 5.41) is 0. The number of pyridine rings is 1. The van der Waals surface area contributed by atoms with E-state index in [4.69, 9.17) is 0 Å². The van der Waals surface area contributed by atoms with Gasteiger partial charge in [-0.1, -0.05) is 13.0 Å². The fourth-order valence-electron chi connectivity index (χ4n) is 3.09. The predicted molar refractivity (Wildman–Crippen MR) is 83.3 cm³/mol. The Kier molecular flexibility index (Phi) is 3.70. The van der Waals surface area contributed by atoms with Crippen molar-refractivity contribution in [2.24, 2.45) is 5.92 Å². The lowest BCUT2D eigenvalue weighted by molar-refractivity contribution is -0.131. The van der Waals surface area contributed by atoms with Gasteiger partial charge in [0.15, 0.2) is 0 Å². The molecule has 0 atom stereocenters. The van der Waals surface area contributed by atoms with Gasteiger partial charge < -0.3 is 9.30 Å². The van der Waals surface area contributed by atoms with Gasteiger partial charge in [0.1, 0.15) is 5.65 Å². The molecule has 0 aromatic carbocycles. The Hall–Kier alpha value is -1.84. The minimum absolute atomic E-state index is 0.230. The molecular formula is C17H23N3O. The van der Waals surface area contributed by atoms with Gasteiger partial charge >= 0.3 is 0 Å². The van der Waals surface area contributed by atoms with Gasteiger partial charge in [-0.25, -0.2) is 4.98 Å². The van der Waals surface area contributed by atoms with Gasteiger partial charge in [0, 0.05) is 19.3 Å². The van der Waals surface area contributed by atoms with Gasteiger partial charge in [-0.05, 0) is 44.2 Å². The number of fused-ring (bicyclic) bond motifs is 1. The molecule has 0 unspecified atom stereocenters. The zero-order chi connectivity index (χ0) is 15.0. The van der Waals surface area contributed by atoms with Crippen LogP contribution in [0, 0.1) is 19.8 Å². The Balaban J connectivity index is 1.83. The van der Waals surface area contributed by atoms with Crippen molar-refractivity contribution in [3.63, 3.8) is 0 Å². The minimum Gasteiger partial charge on any atom is -0.342 e. The Bertz CT molecular complexity index is 666. The van der Waals surface area contributed by atoms with Crippen LogP contribution in [0.4, 0.5) is 0 Å². The normalized spacial score (nSPS) is 16.6. The van der Waals surface area contributed by atoms with Crippen molar-refractivity contribution in [2.45, 2.75) is 40.0 Å². The van der Waals surface area contributed by atoms with E-state index >= 15 is 0 Å². The number of hydrogen-bond donors (Lipinski definition) is 0. The predicted octanol–water partition coefficient (Wildman–Crippen LogP) is 2.75. The van der Waals surface area contributed by atoms with E-state index < -0.39 is 0 Å². The molecule has 1 aliphatic heterocycles. The number of piperidine rings is 1. The van der Waals surface area contributed by atoms with Crippen molar-refractivity contribution in [1.82, 2.24) is 14.3 Å². The maximum absolute atomic E-state index is 12.5. The maximum Gasteiger partial charge on any atom is 0.228 e. The molecule has 4 heteroatoms. The zero-order valence-corrected chi connectivity index (χ0v) is 13.1. The molecule has 21 heavy (non-hydrogen) atoms. The van der Waals surface area contributed by atoms with Gasteiger partial charge in [-0.3, -0.25) is 4.79 Å². The molecule has 4 nitrogen and oxygen atoms in total. The van der Waals surface area contributed by atoms with Crippen LogP contribution < -0.4 is 0 Å². The summed E-state index contributed by atoms with van der Waals surface area (Å²) in [5.41, 5.74) is 4.09. The number of likely N-dealkylation sites (tertiary alicyclic amines) is 1. The van der Waals surface area contributed by atoms with Crippen molar-refractivity contribution < 1.29 is 4.79 Å². The molecule has 0 saturated carbocycles. The van der Waals surface area contributed by atoms with Crippen LogP contribution in [0.5, 0.6) is 0 Å². The first-order valence-electron chi connectivity index (χ1n) is 7.77. The van der Waals surface area contributed by atoms with Crippen molar-refractivity contribution in [3.05, 3.63) is 35.3 Å². The second-order valence-electron chi connectivity index (χ2n) is 6.27. The topological polar surface area (TPSA) is 37.6 Å². The van der Waals surface area contributed by atoms with Crippen molar-refractivity contribution in [3.8, 4) is 0 Å². The first-order valence-corrected chi connectivity index (χ1v) is 7.77. The van der Waals surface area contributed by atoms with Crippen LogP contribution in [0.15, 0.2) is 18.3 Å². The largest absolute Gasteiger partial charge is 0.342 e. The third-order valence-electron chi connectivity index (χ3n) is 4.60. The molecule has 0 N–H and O–H groups in total. The highest BCUT2D eigenvalue weighted by atomic mass is 16.2. The Morgan fingerprint density at radius 1 is 1.33 bits per heavy atom. The monoisotopic (exact) mass is 285 g/mol. The van der Waals surface area contributed by atoms with Crippen LogP contribution in [-0.2, 0) is 11.2 Å². The van der Waals surface area contributed by atoms with E-state index in [1.165, 1.54) is 0 Å². The van der Waals surface area contributed by atoms with Gasteiger partial charge in [-0.2, -0.15) is 0 Å². The molecule has 0 bridgehead atoms. The molecule has 1 aliphatic rings. The number of carbonyl (C=O) groups is 1. The molecule has 112 valence electrons. The molecule has 3 heterocycles. The van der Waals surface area contributed by atoms with E-state index in [0.29, 0.717) is 6.42 Å². The summed E-state index contributed by atoms with van der Waals surface area (Å²) in [6, 6.07) is 4.07. The van der Waals surface area contributed by atoms with Gasteiger partial charge in [0.25, 0.3) is 0 Å². The summed E-state index contributed by atoms with van der Waals surface area (Å²) in [6.07, 6.45) is 4.70. The lowest BCUT2D eigenvalue weighted by Crippen LogP contribution is -2.39. The maximum atomic E-state index is 12.5. The number of carbonyl (C=O) groups excluding carboxylic acids is 1. The van der Waals surface area contributed by atoms with E-state index in [1.54, 1.807) is 0 Å². The van der Waals surface area contributed by atoms with Gasteiger partial charge in [0.2, 0.25) is 5.91 Å². The number of hydrogen-bond acceptors (Lipinski definition) is 2. The van der Waals surface area contributed by atoms with Crippen LogP contribution in [0.1, 0.15) is 36.7 Å². The number of imidazole rings is 1. The van der Waals surface area contributed by atoms with Crippen LogP contribution in [0.25, 0.3) is 5.65 Å². The quantitative estimate of drug-likeness (QED) is 0.851. The molecule has 0 radical (unpaired) electrons. The van der Waals surface area contributed by atoms with E-state index in [1.807, 2.05) is 24.1 Å². The van der Waals surface area contributed by atoms with Crippen LogP contribution >= 0.6 is 0 Å². The summed E-state index contributed by atoms with van der Waals surface area (Å²) >= 11 is 0. The lowest BCUT2D eigenvalue weighted by Gasteiger charge is -2.30.